The zero-order valence-corrected chi connectivity index (χ0v) is 18.2. The number of carbonyl (C=O) groups is 1. The van der Waals surface area contributed by atoms with Crippen molar-refractivity contribution in [3.8, 4) is 6.07 Å². The Hall–Kier alpha value is -3.52. The van der Waals surface area contributed by atoms with E-state index in [4.69, 9.17) is 5.26 Å². The monoisotopic (exact) mass is 412 g/mol. The minimum atomic E-state index is 0.0504. The highest BCUT2D eigenvalue weighted by molar-refractivity contribution is 5.96. The van der Waals surface area contributed by atoms with Gasteiger partial charge in [0.2, 0.25) is 5.91 Å². The summed E-state index contributed by atoms with van der Waals surface area (Å²) < 4.78 is 2.09. The van der Waals surface area contributed by atoms with E-state index in [-0.39, 0.29) is 5.91 Å². The quantitative estimate of drug-likeness (QED) is 0.579. The summed E-state index contributed by atoms with van der Waals surface area (Å²) in [4.78, 5) is 17.1. The first-order chi connectivity index (χ1) is 15.1. The SMILES string of the molecule is Cc1cccc(N2CCN(C(=O)C=Cc3cn(CCC#N)c4ccccc34)CC2)c1C. The molecule has 0 atom stereocenters. The minimum Gasteiger partial charge on any atom is -0.368 e. The fourth-order valence-electron chi connectivity index (χ4n) is 4.28. The summed E-state index contributed by atoms with van der Waals surface area (Å²) in [5.74, 6) is 0.0504. The molecule has 5 heteroatoms. The third-order valence-corrected chi connectivity index (χ3v) is 6.20. The maximum absolute atomic E-state index is 12.8. The maximum atomic E-state index is 12.8. The van der Waals surface area contributed by atoms with Gasteiger partial charge in [0.05, 0.1) is 12.5 Å². The maximum Gasteiger partial charge on any atom is 0.246 e. The Morgan fingerprint density at radius 2 is 1.84 bits per heavy atom. The van der Waals surface area contributed by atoms with Gasteiger partial charge in [0.1, 0.15) is 0 Å². The topological polar surface area (TPSA) is 52.3 Å². The zero-order valence-electron chi connectivity index (χ0n) is 18.2. The molecule has 2 heterocycles. The fourth-order valence-corrected chi connectivity index (χ4v) is 4.28. The number of aryl methyl sites for hydroxylation is 2. The summed E-state index contributed by atoms with van der Waals surface area (Å²) in [7, 11) is 0. The first-order valence-electron chi connectivity index (χ1n) is 10.8. The summed E-state index contributed by atoms with van der Waals surface area (Å²) >= 11 is 0. The highest BCUT2D eigenvalue weighted by atomic mass is 16.2. The number of hydrogen-bond donors (Lipinski definition) is 0. The van der Waals surface area contributed by atoms with Crippen molar-refractivity contribution in [2.75, 3.05) is 31.1 Å². The number of amides is 1. The van der Waals surface area contributed by atoms with Gasteiger partial charge >= 0.3 is 0 Å². The third-order valence-electron chi connectivity index (χ3n) is 6.20. The van der Waals surface area contributed by atoms with Gasteiger partial charge < -0.3 is 14.4 Å². The van der Waals surface area contributed by atoms with E-state index < -0.39 is 0 Å². The molecule has 5 nitrogen and oxygen atoms in total. The van der Waals surface area contributed by atoms with Gasteiger partial charge in [-0.25, -0.2) is 0 Å². The van der Waals surface area contributed by atoms with Crippen molar-refractivity contribution in [2.45, 2.75) is 26.8 Å². The number of fused-ring (bicyclic) bond motifs is 1. The molecule has 2 aromatic carbocycles. The number of para-hydroxylation sites is 1. The first kappa shape index (κ1) is 20.7. The number of rotatable bonds is 5. The van der Waals surface area contributed by atoms with Gasteiger partial charge in [-0.15, -0.1) is 0 Å². The van der Waals surface area contributed by atoms with Crippen LogP contribution in [0.3, 0.4) is 0 Å². The van der Waals surface area contributed by atoms with Gasteiger partial charge in [-0.3, -0.25) is 4.79 Å². The number of anilines is 1. The lowest BCUT2D eigenvalue weighted by Gasteiger charge is -2.36. The fraction of sp³-hybridized carbons (Fsp3) is 0.308. The summed E-state index contributed by atoms with van der Waals surface area (Å²) in [6, 6.07) is 16.7. The predicted molar refractivity (Wildman–Crippen MR) is 126 cm³/mol. The second kappa shape index (κ2) is 9.09. The van der Waals surface area contributed by atoms with Crippen LogP contribution in [0.25, 0.3) is 17.0 Å². The van der Waals surface area contributed by atoms with Crippen molar-refractivity contribution in [3.63, 3.8) is 0 Å². The van der Waals surface area contributed by atoms with Crippen molar-refractivity contribution in [1.82, 2.24) is 9.47 Å². The van der Waals surface area contributed by atoms with Crippen molar-refractivity contribution >= 4 is 28.6 Å². The van der Waals surface area contributed by atoms with Crippen LogP contribution >= 0.6 is 0 Å². The molecule has 0 saturated carbocycles. The molecule has 0 unspecified atom stereocenters. The average molecular weight is 413 g/mol. The minimum absolute atomic E-state index is 0.0504. The number of benzene rings is 2. The smallest absolute Gasteiger partial charge is 0.246 e. The lowest BCUT2D eigenvalue weighted by atomic mass is 10.1. The Kier molecular flexibility index (Phi) is 6.08. The third kappa shape index (κ3) is 4.34. The molecular formula is C26H28N4O. The Balaban J connectivity index is 1.44. The zero-order chi connectivity index (χ0) is 21.8. The lowest BCUT2D eigenvalue weighted by Crippen LogP contribution is -2.48. The van der Waals surface area contributed by atoms with Crippen LogP contribution in [0.1, 0.15) is 23.1 Å². The summed E-state index contributed by atoms with van der Waals surface area (Å²) in [5.41, 5.74) is 5.98. The van der Waals surface area contributed by atoms with Gasteiger partial charge in [0, 0.05) is 67.2 Å². The van der Waals surface area contributed by atoms with E-state index in [0.29, 0.717) is 13.0 Å². The molecule has 158 valence electrons. The molecule has 0 N–H and O–H groups in total. The largest absolute Gasteiger partial charge is 0.368 e. The van der Waals surface area contributed by atoms with Crippen LogP contribution in [0.5, 0.6) is 0 Å². The van der Waals surface area contributed by atoms with Crippen LogP contribution < -0.4 is 4.90 Å². The van der Waals surface area contributed by atoms with E-state index in [1.807, 2.05) is 29.3 Å². The van der Waals surface area contributed by atoms with Gasteiger partial charge in [-0.05, 0) is 43.2 Å². The predicted octanol–water partition coefficient (Wildman–Crippen LogP) is 4.53. The second-order valence-corrected chi connectivity index (χ2v) is 8.07. The van der Waals surface area contributed by atoms with Crippen LogP contribution in [0.4, 0.5) is 5.69 Å². The Labute approximate surface area is 183 Å². The first-order valence-corrected chi connectivity index (χ1v) is 10.8. The van der Waals surface area contributed by atoms with Crippen molar-refractivity contribution in [2.24, 2.45) is 0 Å². The molecule has 1 amide bonds. The Morgan fingerprint density at radius 3 is 2.61 bits per heavy atom. The standard InChI is InChI=1S/C26H28N4O/c1-20-7-5-10-24(21(20)2)28-15-17-29(18-16-28)26(31)12-11-22-19-30(14-6-13-27)25-9-4-3-8-23(22)25/h3-5,7-12,19H,6,14-18H2,1-2H3. The summed E-state index contributed by atoms with van der Waals surface area (Å²) in [6.45, 7) is 8.09. The molecule has 4 rings (SSSR count). The van der Waals surface area contributed by atoms with E-state index in [1.165, 1.54) is 16.8 Å². The van der Waals surface area contributed by atoms with E-state index in [1.54, 1.807) is 6.08 Å². The highest BCUT2D eigenvalue weighted by Gasteiger charge is 2.21. The van der Waals surface area contributed by atoms with Crippen molar-refractivity contribution in [3.05, 3.63) is 71.4 Å². The number of aromatic nitrogens is 1. The van der Waals surface area contributed by atoms with Gasteiger partial charge in [-0.1, -0.05) is 30.3 Å². The normalized spacial score (nSPS) is 14.4. The van der Waals surface area contributed by atoms with Crippen LogP contribution in [0.2, 0.25) is 0 Å². The number of hydrogen-bond acceptors (Lipinski definition) is 3. The van der Waals surface area contributed by atoms with Crippen LogP contribution in [0.15, 0.2) is 54.7 Å². The number of nitrogens with zero attached hydrogens (tertiary/aromatic N) is 4. The van der Waals surface area contributed by atoms with Gasteiger partial charge in [0.15, 0.2) is 0 Å². The molecule has 0 radical (unpaired) electrons. The molecule has 1 fully saturated rings. The van der Waals surface area contributed by atoms with Gasteiger partial charge in [-0.2, -0.15) is 5.26 Å². The molecule has 0 spiro atoms. The number of piperazine rings is 1. The van der Waals surface area contributed by atoms with Crippen LogP contribution in [0, 0.1) is 25.2 Å². The molecular weight excluding hydrogens is 384 g/mol. The van der Waals surface area contributed by atoms with Crippen LogP contribution in [-0.4, -0.2) is 41.6 Å². The number of carbonyl (C=O) groups excluding carboxylic acids is 1. The average Bonchev–Trinajstić information content (AvgIpc) is 3.16. The van der Waals surface area contributed by atoms with E-state index in [0.717, 1.165) is 42.6 Å². The Bertz CT molecular complexity index is 1160. The molecule has 31 heavy (non-hydrogen) atoms. The molecule has 1 saturated heterocycles. The molecule has 1 aliphatic rings. The van der Waals surface area contributed by atoms with E-state index in [9.17, 15) is 4.79 Å². The van der Waals surface area contributed by atoms with Gasteiger partial charge in [0.25, 0.3) is 0 Å². The second-order valence-electron chi connectivity index (χ2n) is 8.07. The molecule has 0 aliphatic carbocycles. The van der Waals surface area contributed by atoms with E-state index in [2.05, 4.69) is 59.7 Å². The molecule has 1 aromatic heterocycles. The molecule has 0 bridgehead atoms. The molecule has 1 aliphatic heterocycles. The lowest BCUT2D eigenvalue weighted by molar-refractivity contribution is -0.126. The van der Waals surface area contributed by atoms with Crippen molar-refractivity contribution in [1.29, 1.82) is 5.26 Å². The number of nitriles is 1. The Morgan fingerprint density at radius 1 is 1.06 bits per heavy atom. The summed E-state index contributed by atoms with van der Waals surface area (Å²) in [6.07, 6.45) is 6.09. The van der Waals surface area contributed by atoms with E-state index >= 15 is 0 Å². The summed E-state index contributed by atoms with van der Waals surface area (Å²) in [5, 5.41) is 10.0. The molecule has 3 aromatic rings. The highest BCUT2D eigenvalue weighted by Crippen LogP contribution is 2.25. The van der Waals surface area contributed by atoms with Crippen LogP contribution in [-0.2, 0) is 11.3 Å². The van der Waals surface area contributed by atoms with Crippen molar-refractivity contribution < 1.29 is 4.79 Å².